The highest BCUT2D eigenvalue weighted by Crippen LogP contribution is 2.23. The Bertz CT molecular complexity index is 352. The maximum atomic E-state index is 3.42. The second kappa shape index (κ2) is 5.54. The van der Waals surface area contributed by atoms with Crippen LogP contribution in [0.3, 0.4) is 0 Å². The summed E-state index contributed by atoms with van der Waals surface area (Å²) < 4.78 is 0. The minimum atomic E-state index is 0.270. The maximum absolute atomic E-state index is 3.42. The second-order valence-corrected chi connectivity index (χ2v) is 5.87. The summed E-state index contributed by atoms with van der Waals surface area (Å²) in [5.41, 5.74) is 2.92. The highest BCUT2D eigenvalue weighted by Gasteiger charge is 2.24. The number of nitrogens with one attached hydrogen (secondary N) is 1. The molecular weight excluding hydrogens is 208 g/mol. The van der Waals surface area contributed by atoms with Crippen molar-refractivity contribution in [1.82, 2.24) is 5.32 Å². The molecule has 1 aromatic rings. The van der Waals surface area contributed by atoms with Gasteiger partial charge in [0.1, 0.15) is 0 Å². The van der Waals surface area contributed by atoms with Crippen LogP contribution in [0.5, 0.6) is 0 Å². The molecule has 1 atom stereocenters. The molecule has 0 fully saturated rings. The smallest absolute Gasteiger partial charge is 0.0393 e. The quantitative estimate of drug-likeness (QED) is 0.861. The van der Waals surface area contributed by atoms with E-state index in [0.717, 1.165) is 6.54 Å². The molecule has 0 heterocycles. The monoisotopic (exact) mass is 234 g/mol. The lowest BCUT2D eigenvalue weighted by Crippen LogP contribution is -2.46. The van der Waals surface area contributed by atoms with E-state index in [4.69, 9.17) is 0 Å². The van der Waals surface area contributed by atoms with Gasteiger partial charge >= 0.3 is 0 Å². The van der Waals surface area contributed by atoms with Gasteiger partial charge in [-0.05, 0) is 31.0 Å². The molecule has 17 heavy (non-hydrogen) atoms. The Balaban J connectivity index is 2.78. The predicted octanol–water partition coefficient (Wildman–Crippen LogP) is 3.07. The summed E-state index contributed by atoms with van der Waals surface area (Å²) in [6, 6.07) is 9.02. The summed E-state index contributed by atoms with van der Waals surface area (Å²) in [4.78, 5) is 2.34. The van der Waals surface area contributed by atoms with Crippen LogP contribution in [0.15, 0.2) is 24.3 Å². The predicted molar refractivity (Wildman–Crippen MR) is 76.8 cm³/mol. The molecule has 2 nitrogen and oxygen atoms in total. The van der Waals surface area contributed by atoms with Gasteiger partial charge in [0, 0.05) is 25.3 Å². The number of hydrogen-bond donors (Lipinski definition) is 1. The third kappa shape index (κ3) is 3.74. The highest BCUT2D eigenvalue weighted by atomic mass is 15.1. The summed E-state index contributed by atoms with van der Waals surface area (Å²) in [7, 11) is 4.21. The van der Waals surface area contributed by atoms with Gasteiger partial charge in [-0.2, -0.15) is 0 Å². The first-order valence-electron chi connectivity index (χ1n) is 6.30. The van der Waals surface area contributed by atoms with E-state index in [2.05, 4.69) is 69.2 Å². The highest BCUT2D eigenvalue weighted by molar-refractivity contribution is 5.52. The molecule has 0 saturated heterocycles. The van der Waals surface area contributed by atoms with Crippen molar-refractivity contribution >= 4 is 5.69 Å². The Kier molecular flexibility index (Phi) is 4.58. The van der Waals surface area contributed by atoms with Crippen LogP contribution >= 0.6 is 0 Å². The third-order valence-corrected chi connectivity index (χ3v) is 3.38. The molecule has 0 aliphatic carbocycles. The molecule has 1 aromatic carbocycles. The molecule has 0 spiro atoms. The summed E-state index contributed by atoms with van der Waals surface area (Å²) in [6.45, 7) is 10.0. The summed E-state index contributed by atoms with van der Waals surface area (Å²) in [6.07, 6.45) is 0. The largest absolute Gasteiger partial charge is 0.373 e. The van der Waals surface area contributed by atoms with Crippen molar-refractivity contribution in [1.29, 1.82) is 0 Å². The third-order valence-electron chi connectivity index (χ3n) is 3.38. The standard InChI is InChI=1S/C15H26N2/c1-12-9-7-8-10-13(12)17(6)11-14(16-5)15(2,3)4/h7-10,14,16H,11H2,1-6H3. The van der Waals surface area contributed by atoms with Crippen molar-refractivity contribution in [3.63, 3.8) is 0 Å². The zero-order chi connectivity index (χ0) is 13.1. The molecule has 2 heteroatoms. The first-order valence-corrected chi connectivity index (χ1v) is 6.30. The Morgan fingerprint density at radius 3 is 2.29 bits per heavy atom. The van der Waals surface area contributed by atoms with Crippen LogP contribution in [-0.4, -0.2) is 26.7 Å². The van der Waals surface area contributed by atoms with Crippen molar-refractivity contribution in [3.05, 3.63) is 29.8 Å². The molecule has 96 valence electrons. The Morgan fingerprint density at radius 1 is 1.24 bits per heavy atom. The van der Waals surface area contributed by atoms with E-state index in [1.165, 1.54) is 11.3 Å². The van der Waals surface area contributed by atoms with Crippen molar-refractivity contribution < 1.29 is 0 Å². The zero-order valence-electron chi connectivity index (χ0n) is 12.0. The molecule has 1 rings (SSSR count). The maximum Gasteiger partial charge on any atom is 0.0393 e. The van der Waals surface area contributed by atoms with Crippen molar-refractivity contribution in [2.75, 3.05) is 25.5 Å². The lowest BCUT2D eigenvalue weighted by molar-refractivity contribution is 0.285. The van der Waals surface area contributed by atoms with Crippen LogP contribution in [0.4, 0.5) is 5.69 Å². The van der Waals surface area contributed by atoms with Gasteiger partial charge in [0.05, 0.1) is 0 Å². The van der Waals surface area contributed by atoms with Crippen molar-refractivity contribution in [2.45, 2.75) is 33.7 Å². The number of nitrogens with zero attached hydrogens (tertiary/aromatic N) is 1. The molecule has 0 amide bonds. The van der Waals surface area contributed by atoms with Crippen molar-refractivity contribution in [3.8, 4) is 0 Å². The van der Waals surface area contributed by atoms with Gasteiger partial charge in [-0.25, -0.2) is 0 Å². The molecule has 0 aromatic heterocycles. The van der Waals surface area contributed by atoms with Gasteiger partial charge in [-0.15, -0.1) is 0 Å². The van der Waals surface area contributed by atoms with Gasteiger partial charge < -0.3 is 10.2 Å². The number of para-hydroxylation sites is 1. The van der Waals surface area contributed by atoms with Crippen LogP contribution < -0.4 is 10.2 Å². The fraction of sp³-hybridized carbons (Fsp3) is 0.600. The number of benzene rings is 1. The van der Waals surface area contributed by atoms with E-state index >= 15 is 0 Å². The van der Waals surface area contributed by atoms with Crippen molar-refractivity contribution in [2.24, 2.45) is 5.41 Å². The zero-order valence-corrected chi connectivity index (χ0v) is 12.0. The summed E-state index contributed by atoms with van der Waals surface area (Å²) in [5.74, 6) is 0. The molecule has 0 aliphatic heterocycles. The van der Waals surface area contributed by atoms with Gasteiger partial charge in [-0.3, -0.25) is 0 Å². The SMILES string of the molecule is CNC(CN(C)c1ccccc1C)C(C)(C)C. The summed E-state index contributed by atoms with van der Waals surface area (Å²) >= 11 is 0. The average Bonchev–Trinajstić information content (AvgIpc) is 2.24. The van der Waals surface area contributed by atoms with Gasteiger partial charge in [-0.1, -0.05) is 39.0 Å². The van der Waals surface area contributed by atoms with Gasteiger partial charge in [0.15, 0.2) is 0 Å². The fourth-order valence-corrected chi connectivity index (χ4v) is 2.16. The van der Waals surface area contributed by atoms with Crippen LogP contribution in [0, 0.1) is 12.3 Å². The first-order chi connectivity index (χ1) is 7.86. The molecule has 0 saturated carbocycles. The molecular formula is C15H26N2. The number of hydrogen-bond acceptors (Lipinski definition) is 2. The Hall–Kier alpha value is -1.02. The fourth-order valence-electron chi connectivity index (χ4n) is 2.16. The van der Waals surface area contributed by atoms with Crippen LogP contribution in [-0.2, 0) is 0 Å². The Labute approximate surface area is 106 Å². The first kappa shape index (κ1) is 14.0. The van der Waals surface area contributed by atoms with Crippen LogP contribution in [0.2, 0.25) is 0 Å². The molecule has 0 aliphatic rings. The molecule has 0 bridgehead atoms. The minimum Gasteiger partial charge on any atom is -0.373 e. The number of likely N-dealkylation sites (N-methyl/N-ethyl adjacent to an activating group) is 2. The van der Waals surface area contributed by atoms with E-state index in [-0.39, 0.29) is 5.41 Å². The average molecular weight is 234 g/mol. The number of anilines is 1. The Morgan fingerprint density at radius 2 is 1.82 bits per heavy atom. The summed E-state index contributed by atoms with van der Waals surface area (Å²) in [5, 5.41) is 3.42. The van der Waals surface area contributed by atoms with E-state index < -0.39 is 0 Å². The van der Waals surface area contributed by atoms with Crippen LogP contribution in [0.25, 0.3) is 0 Å². The second-order valence-electron chi connectivity index (χ2n) is 5.87. The van der Waals surface area contributed by atoms with Crippen LogP contribution in [0.1, 0.15) is 26.3 Å². The lowest BCUT2D eigenvalue weighted by Gasteiger charge is -2.35. The normalized spacial score (nSPS) is 13.5. The topological polar surface area (TPSA) is 15.3 Å². The van der Waals surface area contributed by atoms with E-state index in [1.54, 1.807) is 0 Å². The van der Waals surface area contributed by atoms with E-state index in [9.17, 15) is 0 Å². The molecule has 1 unspecified atom stereocenters. The van der Waals surface area contributed by atoms with Gasteiger partial charge in [0.2, 0.25) is 0 Å². The lowest BCUT2D eigenvalue weighted by atomic mass is 9.86. The molecule has 1 N–H and O–H groups in total. The molecule has 0 radical (unpaired) electrons. The number of rotatable bonds is 4. The van der Waals surface area contributed by atoms with E-state index in [1.807, 2.05) is 7.05 Å². The van der Waals surface area contributed by atoms with Gasteiger partial charge in [0.25, 0.3) is 0 Å². The number of aryl methyl sites for hydroxylation is 1. The van der Waals surface area contributed by atoms with E-state index in [0.29, 0.717) is 6.04 Å². The minimum absolute atomic E-state index is 0.270.